The molecule has 98 valence electrons. The van der Waals surface area contributed by atoms with Gasteiger partial charge in [0.1, 0.15) is 0 Å². The van der Waals surface area contributed by atoms with Gasteiger partial charge >= 0.3 is 0 Å². The van der Waals surface area contributed by atoms with Crippen molar-refractivity contribution in [2.45, 2.75) is 44.7 Å². The Kier molecular flexibility index (Phi) is 4.37. The zero-order valence-electron chi connectivity index (χ0n) is 10.9. The second-order valence-electron chi connectivity index (χ2n) is 5.27. The third-order valence-electron chi connectivity index (χ3n) is 3.88. The monoisotopic (exact) mass is 246 g/mol. The Morgan fingerprint density at radius 1 is 1.39 bits per heavy atom. The van der Waals surface area contributed by atoms with Gasteiger partial charge in [0.2, 0.25) is 5.91 Å². The lowest BCUT2D eigenvalue weighted by Crippen LogP contribution is -2.41. The van der Waals surface area contributed by atoms with Crippen molar-refractivity contribution in [1.29, 1.82) is 0 Å². The molecule has 1 aliphatic rings. The maximum atomic E-state index is 11.9. The zero-order chi connectivity index (χ0) is 13.0. The van der Waals surface area contributed by atoms with Crippen LogP contribution in [0.5, 0.6) is 0 Å². The van der Waals surface area contributed by atoms with Gasteiger partial charge in [-0.1, -0.05) is 36.8 Å². The van der Waals surface area contributed by atoms with Gasteiger partial charge in [-0.15, -0.1) is 0 Å². The molecule has 0 radical (unpaired) electrons. The van der Waals surface area contributed by atoms with E-state index in [0.717, 1.165) is 5.56 Å². The van der Waals surface area contributed by atoms with Gasteiger partial charge in [0, 0.05) is 18.5 Å². The molecular weight excluding hydrogens is 224 g/mol. The highest BCUT2D eigenvalue weighted by atomic mass is 16.1. The number of hydrogen-bond acceptors (Lipinski definition) is 2. The number of nitrogens with one attached hydrogen (secondary N) is 1. The third-order valence-corrected chi connectivity index (χ3v) is 3.88. The summed E-state index contributed by atoms with van der Waals surface area (Å²) < 4.78 is 0. The molecule has 2 atom stereocenters. The molecule has 0 saturated heterocycles. The van der Waals surface area contributed by atoms with Crippen molar-refractivity contribution in [3.63, 3.8) is 0 Å². The lowest BCUT2D eigenvalue weighted by Gasteiger charge is -2.32. The molecule has 2 rings (SSSR count). The zero-order valence-corrected chi connectivity index (χ0v) is 10.9. The van der Waals surface area contributed by atoms with E-state index in [-0.39, 0.29) is 18.0 Å². The standard InChI is InChI=1S/C15H22N2O/c1-11(12-8-5-9-12)17-15(18)10-14(16)13-6-3-2-4-7-13/h2-4,6-7,11-12,14H,5,8-10,16H2,1H3,(H,17,18). The van der Waals surface area contributed by atoms with Crippen LogP contribution < -0.4 is 11.1 Å². The number of carbonyl (C=O) groups is 1. The smallest absolute Gasteiger partial charge is 0.222 e. The van der Waals surface area contributed by atoms with Crippen LogP contribution in [0.25, 0.3) is 0 Å². The first-order valence-electron chi connectivity index (χ1n) is 6.76. The summed E-state index contributed by atoms with van der Waals surface area (Å²) in [5, 5.41) is 3.06. The SMILES string of the molecule is CC(NC(=O)CC(N)c1ccccc1)C1CCC1. The highest BCUT2D eigenvalue weighted by Crippen LogP contribution is 2.29. The minimum Gasteiger partial charge on any atom is -0.353 e. The van der Waals surface area contributed by atoms with Gasteiger partial charge < -0.3 is 11.1 Å². The van der Waals surface area contributed by atoms with Crippen LogP contribution in [0.15, 0.2) is 30.3 Å². The Balaban J connectivity index is 1.80. The summed E-state index contributed by atoms with van der Waals surface area (Å²) in [5.74, 6) is 0.729. The van der Waals surface area contributed by atoms with Gasteiger partial charge in [0.25, 0.3) is 0 Å². The molecule has 1 aromatic carbocycles. The Hall–Kier alpha value is -1.35. The van der Waals surface area contributed by atoms with E-state index in [1.165, 1.54) is 19.3 Å². The summed E-state index contributed by atoms with van der Waals surface area (Å²) in [4.78, 5) is 11.9. The van der Waals surface area contributed by atoms with Crippen LogP contribution in [-0.4, -0.2) is 11.9 Å². The van der Waals surface area contributed by atoms with E-state index in [0.29, 0.717) is 12.3 Å². The summed E-state index contributed by atoms with van der Waals surface area (Å²) in [7, 11) is 0. The largest absolute Gasteiger partial charge is 0.353 e. The van der Waals surface area contributed by atoms with E-state index in [1.807, 2.05) is 30.3 Å². The van der Waals surface area contributed by atoms with E-state index in [1.54, 1.807) is 0 Å². The van der Waals surface area contributed by atoms with Crippen LogP contribution in [0.4, 0.5) is 0 Å². The van der Waals surface area contributed by atoms with Crippen LogP contribution in [0.3, 0.4) is 0 Å². The molecule has 1 saturated carbocycles. The Morgan fingerprint density at radius 3 is 2.61 bits per heavy atom. The van der Waals surface area contributed by atoms with Crippen molar-refractivity contribution >= 4 is 5.91 Å². The van der Waals surface area contributed by atoms with E-state index < -0.39 is 0 Å². The predicted octanol–water partition coefficient (Wildman–Crippen LogP) is 2.38. The van der Waals surface area contributed by atoms with Crippen LogP contribution in [0, 0.1) is 5.92 Å². The van der Waals surface area contributed by atoms with Crippen LogP contribution in [-0.2, 0) is 4.79 Å². The summed E-state index contributed by atoms with van der Waals surface area (Å²) >= 11 is 0. The molecule has 3 nitrogen and oxygen atoms in total. The first-order chi connectivity index (χ1) is 8.66. The molecule has 0 heterocycles. The molecule has 3 heteroatoms. The van der Waals surface area contributed by atoms with Crippen molar-refractivity contribution in [2.24, 2.45) is 11.7 Å². The fourth-order valence-electron chi connectivity index (χ4n) is 2.39. The number of hydrogen-bond donors (Lipinski definition) is 2. The number of nitrogens with two attached hydrogens (primary N) is 1. The average Bonchev–Trinajstić information content (AvgIpc) is 2.27. The number of rotatable bonds is 5. The quantitative estimate of drug-likeness (QED) is 0.838. The van der Waals surface area contributed by atoms with Gasteiger partial charge in [-0.25, -0.2) is 0 Å². The number of carbonyl (C=O) groups excluding carboxylic acids is 1. The van der Waals surface area contributed by atoms with Gasteiger partial charge in [0.05, 0.1) is 0 Å². The maximum Gasteiger partial charge on any atom is 0.222 e. The molecule has 2 unspecified atom stereocenters. The molecule has 1 fully saturated rings. The number of benzene rings is 1. The molecule has 0 aromatic heterocycles. The fraction of sp³-hybridized carbons (Fsp3) is 0.533. The molecular formula is C15H22N2O. The number of amides is 1. The lowest BCUT2D eigenvalue weighted by molar-refractivity contribution is -0.122. The Labute approximate surface area is 109 Å². The second-order valence-corrected chi connectivity index (χ2v) is 5.27. The molecule has 1 aromatic rings. The third kappa shape index (κ3) is 3.33. The lowest BCUT2D eigenvalue weighted by atomic mass is 9.80. The average molecular weight is 246 g/mol. The van der Waals surface area contributed by atoms with E-state index >= 15 is 0 Å². The van der Waals surface area contributed by atoms with E-state index in [4.69, 9.17) is 5.73 Å². The summed E-state index contributed by atoms with van der Waals surface area (Å²) in [5.41, 5.74) is 7.05. The first-order valence-corrected chi connectivity index (χ1v) is 6.76. The summed E-state index contributed by atoms with van der Waals surface area (Å²) in [6.07, 6.45) is 4.15. The van der Waals surface area contributed by atoms with E-state index in [2.05, 4.69) is 12.2 Å². The van der Waals surface area contributed by atoms with Crippen LogP contribution >= 0.6 is 0 Å². The van der Waals surface area contributed by atoms with Gasteiger partial charge in [-0.05, 0) is 31.2 Å². The summed E-state index contributed by atoms with van der Waals surface area (Å²) in [6, 6.07) is 9.86. The molecule has 1 aliphatic carbocycles. The molecule has 3 N–H and O–H groups in total. The van der Waals surface area contributed by atoms with Crippen LogP contribution in [0.1, 0.15) is 44.2 Å². The van der Waals surface area contributed by atoms with Crippen molar-refractivity contribution in [3.05, 3.63) is 35.9 Å². The molecule has 18 heavy (non-hydrogen) atoms. The van der Waals surface area contributed by atoms with Crippen molar-refractivity contribution in [2.75, 3.05) is 0 Å². The van der Waals surface area contributed by atoms with Gasteiger partial charge in [-0.2, -0.15) is 0 Å². The maximum absolute atomic E-state index is 11.9. The molecule has 0 spiro atoms. The van der Waals surface area contributed by atoms with E-state index in [9.17, 15) is 4.79 Å². The normalized spacial score (nSPS) is 18.8. The molecule has 0 aliphatic heterocycles. The fourth-order valence-corrected chi connectivity index (χ4v) is 2.39. The second kappa shape index (κ2) is 6.01. The highest BCUT2D eigenvalue weighted by Gasteiger charge is 2.25. The van der Waals surface area contributed by atoms with Gasteiger partial charge in [-0.3, -0.25) is 4.79 Å². The first kappa shape index (κ1) is 13.1. The Morgan fingerprint density at radius 2 is 2.06 bits per heavy atom. The molecule has 1 amide bonds. The minimum atomic E-state index is -0.209. The van der Waals surface area contributed by atoms with Crippen LogP contribution in [0.2, 0.25) is 0 Å². The Bertz CT molecular complexity index is 387. The van der Waals surface area contributed by atoms with Crippen molar-refractivity contribution in [1.82, 2.24) is 5.32 Å². The van der Waals surface area contributed by atoms with Gasteiger partial charge in [0.15, 0.2) is 0 Å². The summed E-state index contributed by atoms with van der Waals surface area (Å²) in [6.45, 7) is 2.09. The molecule has 0 bridgehead atoms. The van der Waals surface area contributed by atoms with Crippen molar-refractivity contribution < 1.29 is 4.79 Å². The topological polar surface area (TPSA) is 55.1 Å². The minimum absolute atomic E-state index is 0.0609. The highest BCUT2D eigenvalue weighted by molar-refractivity contribution is 5.77. The predicted molar refractivity (Wildman–Crippen MR) is 72.9 cm³/mol. The van der Waals surface area contributed by atoms with Crippen molar-refractivity contribution in [3.8, 4) is 0 Å².